The Morgan fingerprint density at radius 1 is 1.22 bits per heavy atom. The molecule has 4 rings (SSSR count). The Morgan fingerprint density at radius 2 is 2.11 bits per heavy atom. The van der Waals surface area contributed by atoms with Gasteiger partial charge in [0.15, 0.2) is 0 Å². The first-order valence-electron chi connectivity index (χ1n) is 5.68. The summed E-state index contributed by atoms with van der Waals surface area (Å²) in [5.41, 5.74) is 5.23. The number of halogens is 2. The Labute approximate surface area is 111 Å². The number of hydrogen-bond donors (Lipinski definition) is 0. The normalized spacial score (nSPS) is 12.8. The molecule has 18 heavy (non-hydrogen) atoms. The number of nitrogens with zero attached hydrogens (tertiary/aromatic N) is 2. The number of fused-ring (bicyclic) bond motifs is 5. The monoisotopic (exact) mass is 302 g/mol. The van der Waals surface area contributed by atoms with Crippen molar-refractivity contribution in [2.24, 2.45) is 0 Å². The third-order valence-electron chi connectivity index (χ3n) is 3.36. The smallest absolute Gasteiger partial charge is 0.139 e. The van der Waals surface area contributed by atoms with Crippen LogP contribution >= 0.6 is 15.9 Å². The van der Waals surface area contributed by atoms with Gasteiger partial charge in [0.25, 0.3) is 0 Å². The lowest BCUT2D eigenvalue weighted by atomic mass is 10.1. The first kappa shape index (κ1) is 10.3. The summed E-state index contributed by atoms with van der Waals surface area (Å²) >= 11 is 3.47. The zero-order chi connectivity index (χ0) is 12.3. The molecule has 0 spiro atoms. The first-order valence-corrected chi connectivity index (χ1v) is 6.47. The van der Waals surface area contributed by atoms with Crippen molar-refractivity contribution in [3.63, 3.8) is 0 Å². The van der Waals surface area contributed by atoms with Crippen LogP contribution in [0.5, 0.6) is 0 Å². The molecule has 0 unspecified atom stereocenters. The predicted octanol–water partition coefficient (Wildman–Crippen LogP) is 3.81. The number of imidazole rings is 1. The van der Waals surface area contributed by atoms with E-state index in [-0.39, 0.29) is 5.82 Å². The summed E-state index contributed by atoms with van der Waals surface area (Å²) in [4.78, 5) is 4.59. The van der Waals surface area contributed by atoms with Crippen LogP contribution in [0.4, 0.5) is 4.39 Å². The van der Waals surface area contributed by atoms with E-state index in [2.05, 4.69) is 33.0 Å². The van der Waals surface area contributed by atoms with Crippen LogP contribution in [-0.2, 0) is 6.42 Å². The van der Waals surface area contributed by atoms with E-state index >= 15 is 0 Å². The summed E-state index contributed by atoms with van der Waals surface area (Å²) in [5, 5.41) is 0. The molecule has 1 aliphatic carbocycles. The lowest BCUT2D eigenvalue weighted by Gasteiger charge is -2.00. The predicted molar refractivity (Wildman–Crippen MR) is 71.1 cm³/mol. The molecule has 2 heterocycles. The molecular weight excluding hydrogens is 295 g/mol. The molecule has 2 aromatic heterocycles. The molecule has 0 N–H and O–H groups in total. The van der Waals surface area contributed by atoms with Crippen molar-refractivity contribution in [1.82, 2.24) is 9.38 Å². The van der Waals surface area contributed by atoms with Crippen molar-refractivity contribution in [3.8, 4) is 11.3 Å². The molecule has 1 aromatic carbocycles. The van der Waals surface area contributed by atoms with E-state index in [1.165, 1.54) is 17.8 Å². The quantitative estimate of drug-likeness (QED) is 0.483. The zero-order valence-corrected chi connectivity index (χ0v) is 10.9. The van der Waals surface area contributed by atoms with Crippen molar-refractivity contribution in [2.45, 2.75) is 6.42 Å². The zero-order valence-electron chi connectivity index (χ0n) is 9.32. The van der Waals surface area contributed by atoms with Crippen LogP contribution in [0.25, 0.3) is 16.9 Å². The van der Waals surface area contributed by atoms with Gasteiger partial charge in [-0.15, -0.1) is 0 Å². The van der Waals surface area contributed by atoms with Crippen molar-refractivity contribution in [2.75, 3.05) is 0 Å². The average molecular weight is 303 g/mol. The van der Waals surface area contributed by atoms with Gasteiger partial charge in [0.2, 0.25) is 0 Å². The minimum Gasteiger partial charge on any atom is -0.300 e. The second-order valence-electron chi connectivity index (χ2n) is 4.46. The minimum atomic E-state index is -0.236. The fourth-order valence-corrected chi connectivity index (χ4v) is 2.98. The van der Waals surface area contributed by atoms with E-state index in [1.54, 1.807) is 6.07 Å². The molecule has 88 valence electrons. The van der Waals surface area contributed by atoms with Crippen LogP contribution < -0.4 is 0 Å². The highest BCUT2D eigenvalue weighted by Gasteiger charge is 2.24. The molecule has 0 aliphatic heterocycles. The summed E-state index contributed by atoms with van der Waals surface area (Å²) in [6.45, 7) is 0. The number of hydrogen-bond acceptors (Lipinski definition) is 1. The van der Waals surface area contributed by atoms with Gasteiger partial charge in [-0.3, -0.25) is 0 Å². The SMILES string of the molecule is Fc1ccc2nc3c(n2c1)Cc1cc(Br)ccc1-3. The summed E-state index contributed by atoms with van der Waals surface area (Å²) in [6, 6.07) is 9.33. The molecule has 0 amide bonds. The van der Waals surface area contributed by atoms with E-state index in [0.29, 0.717) is 0 Å². The van der Waals surface area contributed by atoms with Crippen molar-refractivity contribution >= 4 is 21.6 Å². The van der Waals surface area contributed by atoms with E-state index in [0.717, 1.165) is 33.5 Å². The Hall–Kier alpha value is -1.68. The highest BCUT2D eigenvalue weighted by Crippen LogP contribution is 2.37. The van der Waals surface area contributed by atoms with Gasteiger partial charge < -0.3 is 4.40 Å². The van der Waals surface area contributed by atoms with Crippen LogP contribution in [0, 0.1) is 5.82 Å². The largest absolute Gasteiger partial charge is 0.300 e. The summed E-state index contributed by atoms with van der Waals surface area (Å²) in [5.74, 6) is -0.236. The van der Waals surface area contributed by atoms with Gasteiger partial charge in [0, 0.05) is 22.7 Å². The Bertz CT molecular complexity index is 792. The highest BCUT2D eigenvalue weighted by atomic mass is 79.9. The maximum atomic E-state index is 13.3. The summed E-state index contributed by atoms with van der Waals surface area (Å²) < 4.78 is 16.2. The molecule has 0 bridgehead atoms. The van der Waals surface area contributed by atoms with Crippen molar-refractivity contribution in [3.05, 3.63) is 58.1 Å². The minimum absolute atomic E-state index is 0.236. The fourth-order valence-electron chi connectivity index (χ4n) is 2.57. The fraction of sp³-hybridized carbons (Fsp3) is 0.0714. The first-order chi connectivity index (χ1) is 8.72. The maximum absolute atomic E-state index is 13.3. The molecule has 0 atom stereocenters. The summed E-state index contributed by atoms with van der Waals surface area (Å²) in [6.07, 6.45) is 2.30. The lowest BCUT2D eigenvalue weighted by Crippen LogP contribution is -1.92. The maximum Gasteiger partial charge on any atom is 0.139 e. The van der Waals surface area contributed by atoms with E-state index in [4.69, 9.17) is 0 Å². The standard InChI is InChI=1S/C14H8BrFN2/c15-9-1-3-11-8(5-9)6-12-14(11)17-13-4-2-10(16)7-18(12)13/h1-5,7H,6H2. The van der Waals surface area contributed by atoms with Crippen LogP contribution in [-0.4, -0.2) is 9.38 Å². The van der Waals surface area contributed by atoms with Gasteiger partial charge in [-0.25, -0.2) is 9.37 Å². The molecule has 4 heteroatoms. The second-order valence-corrected chi connectivity index (χ2v) is 5.38. The van der Waals surface area contributed by atoms with E-state index in [9.17, 15) is 4.39 Å². The molecular formula is C14H8BrFN2. The molecule has 0 fully saturated rings. The van der Waals surface area contributed by atoms with Crippen LogP contribution in [0.15, 0.2) is 41.0 Å². The van der Waals surface area contributed by atoms with Crippen molar-refractivity contribution in [1.29, 1.82) is 0 Å². The van der Waals surface area contributed by atoms with Crippen molar-refractivity contribution < 1.29 is 4.39 Å². The molecule has 3 aromatic rings. The molecule has 0 saturated carbocycles. The van der Waals surface area contributed by atoms with Gasteiger partial charge in [-0.2, -0.15) is 0 Å². The van der Waals surface area contributed by atoms with E-state index in [1.807, 2.05) is 10.5 Å². The van der Waals surface area contributed by atoms with Gasteiger partial charge in [0.05, 0.1) is 11.4 Å². The third-order valence-corrected chi connectivity index (χ3v) is 3.85. The topological polar surface area (TPSA) is 17.3 Å². The van der Waals surface area contributed by atoms with Crippen LogP contribution in [0.1, 0.15) is 11.3 Å². The molecule has 1 aliphatic rings. The average Bonchev–Trinajstić information content (AvgIpc) is 2.84. The van der Waals surface area contributed by atoms with E-state index < -0.39 is 0 Å². The molecule has 0 saturated heterocycles. The number of benzene rings is 1. The van der Waals surface area contributed by atoms with Crippen LogP contribution in [0.2, 0.25) is 0 Å². The molecule has 0 radical (unpaired) electrons. The van der Waals surface area contributed by atoms with Gasteiger partial charge in [-0.1, -0.05) is 22.0 Å². The third kappa shape index (κ3) is 1.29. The lowest BCUT2D eigenvalue weighted by molar-refractivity contribution is 0.618. The second kappa shape index (κ2) is 3.42. The number of pyridine rings is 1. The van der Waals surface area contributed by atoms with Gasteiger partial charge in [-0.05, 0) is 29.8 Å². The Balaban J connectivity index is 2.04. The van der Waals surface area contributed by atoms with Crippen LogP contribution in [0.3, 0.4) is 0 Å². The Kier molecular flexibility index (Phi) is 1.95. The highest BCUT2D eigenvalue weighted by molar-refractivity contribution is 9.10. The van der Waals surface area contributed by atoms with Gasteiger partial charge >= 0.3 is 0 Å². The number of aromatic nitrogens is 2. The summed E-state index contributed by atoms with van der Waals surface area (Å²) in [7, 11) is 0. The van der Waals surface area contributed by atoms with Gasteiger partial charge in [0.1, 0.15) is 11.5 Å². The molecule has 2 nitrogen and oxygen atoms in total. The Morgan fingerprint density at radius 3 is 3.00 bits per heavy atom. The number of rotatable bonds is 0.